The number of para-hydroxylation sites is 2. The van der Waals surface area contributed by atoms with Gasteiger partial charge >= 0.3 is 0 Å². The molecule has 0 saturated heterocycles. The number of ether oxygens (including phenoxy) is 2. The lowest BCUT2D eigenvalue weighted by atomic mass is 9.98. The summed E-state index contributed by atoms with van der Waals surface area (Å²) in [5, 5.41) is 3.20. The number of rotatable bonds is 12. The molecule has 0 aromatic heterocycles. The monoisotopic (exact) mass is 528 g/mol. The van der Waals surface area contributed by atoms with E-state index >= 15 is 0 Å². The number of hydrogen-bond acceptors (Lipinski definition) is 2. The number of fused-ring (bicyclic) bond motifs is 2. The van der Waals surface area contributed by atoms with Gasteiger partial charge in [-0.2, -0.15) is 0 Å². The van der Waals surface area contributed by atoms with Gasteiger partial charge in [-0.1, -0.05) is 120 Å². The molecule has 0 N–H and O–H groups in total. The van der Waals surface area contributed by atoms with Crippen LogP contribution in [0.4, 0.5) is 0 Å². The molecule has 0 bridgehead atoms. The van der Waals surface area contributed by atoms with Gasteiger partial charge in [-0.05, 0) is 60.3 Å². The first-order valence-electron chi connectivity index (χ1n) is 14.2. The standard InChI is InChI=1S/C36H36O2Si/c1-3-15-31(16-4-1)37-25-11-27-39(28-12-26-38-32-17-5-2-6-18-32,35-23-21-29-13-7-9-19-33(29)35)36-24-22-30-14-8-10-20-34(30)36/h1-10,13-24,29-30H,11-12,25-28H2. The number of allylic oxidation sites excluding steroid dienone is 16. The summed E-state index contributed by atoms with van der Waals surface area (Å²) >= 11 is 0. The third-order valence-corrected chi connectivity index (χ3v) is 13.6. The normalized spacial score (nSPS) is 20.6. The fourth-order valence-corrected chi connectivity index (χ4v) is 12.0. The zero-order valence-corrected chi connectivity index (χ0v) is 23.4. The second kappa shape index (κ2) is 11.9. The second-order valence-electron chi connectivity index (χ2n) is 10.6. The topological polar surface area (TPSA) is 18.5 Å². The summed E-state index contributed by atoms with van der Waals surface area (Å²) in [6, 6.07) is 22.7. The van der Waals surface area contributed by atoms with Crippen LogP contribution in [0.15, 0.2) is 155 Å². The van der Waals surface area contributed by atoms with Crippen molar-refractivity contribution in [3.8, 4) is 11.5 Å². The van der Waals surface area contributed by atoms with Crippen LogP contribution in [0, 0.1) is 11.8 Å². The van der Waals surface area contributed by atoms with Crippen molar-refractivity contribution >= 4 is 8.07 Å². The Morgan fingerprint density at radius 3 is 1.44 bits per heavy atom. The largest absolute Gasteiger partial charge is 0.494 e. The zero-order chi connectivity index (χ0) is 26.3. The maximum absolute atomic E-state index is 6.20. The van der Waals surface area contributed by atoms with Gasteiger partial charge in [0.2, 0.25) is 0 Å². The van der Waals surface area contributed by atoms with Gasteiger partial charge in [0.15, 0.2) is 0 Å². The van der Waals surface area contributed by atoms with Crippen LogP contribution in [0.1, 0.15) is 12.8 Å². The van der Waals surface area contributed by atoms with Crippen LogP contribution in [0.5, 0.6) is 11.5 Å². The van der Waals surface area contributed by atoms with E-state index in [2.05, 4.69) is 72.9 Å². The van der Waals surface area contributed by atoms with Gasteiger partial charge in [-0.25, -0.2) is 0 Å². The van der Waals surface area contributed by atoms with Gasteiger partial charge in [-0.15, -0.1) is 0 Å². The first kappa shape index (κ1) is 25.5. The van der Waals surface area contributed by atoms with Crippen LogP contribution in [0.3, 0.4) is 0 Å². The minimum Gasteiger partial charge on any atom is -0.494 e. The molecule has 0 fully saturated rings. The fourth-order valence-electron chi connectivity index (χ4n) is 6.42. The maximum atomic E-state index is 6.20. The van der Waals surface area contributed by atoms with E-state index in [0.29, 0.717) is 11.8 Å². The Hall–Kier alpha value is -3.82. The lowest BCUT2D eigenvalue weighted by Gasteiger charge is -2.36. The Bertz CT molecular complexity index is 1290. The predicted molar refractivity (Wildman–Crippen MR) is 164 cm³/mol. The molecule has 2 aromatic carbocycles. The fraction of sp³-hybridized carbons (Fsp3) is 0.222. The Balaban J connectivity index is 1.32. The predicted octanol–water partition coefficient (Wildman–Crippen LogP) is 8.67. The molecular weight excluding hydrogens is 492 g/mol. The van der Waals surface area contributed by atoms with E-state index in [4.69, 9.17) is 9.47 Å². The first-order chi connectivity index (χ1) is 19.3. The molecular formula is C36H36O2Si. The van der Waals surface area contributed by atoms with Crippen molar-refractivity contribution in [3.05, 3.63) is 155 Å². The van der Waals surface area contributed by atoms with Crippen molar-refractivity contribution < 1.29 is 9.47 Å². The summed E-state index contributed by atoms with van der Waals surface area (Å²) in [4.78, 5) is 0. The summed E-state index contributed by atoms with van der Waals surface area (Å²) < 4.78 is 12.4. The summed E-state index contributed by atoms with van der Waals surface area (Å²) in [5.41, 5.74) is 3.00. The van der Waals surface area contributed by atoms with E-state index in [-0.39, 0.29) is 0 Å². The zero-order valence-electron chi connectivity index (χ0n) is 22.4. The van der Waals surface area contributed by atoms with Gasteiger partial charge in [0.1, 0.15) is 19.6 Å². The van der Waals surface area contributed by atoms with E-state index in [9.17, 15) is 0 Å². The molecule has 0 amide bonds. The van der Waals surface area contributed by atoms with Crippen molar-refractivity contribution in [1.29, 1.82) is 0 Å². The van der Waals surface area contributed by atoms with Crippen molar-refractivity contribution in [2.24, 2.45) is 11.8 Å². The molecule has 39 heavy (non-hydrogen) atoms. The molecule has 0 saturated carbocycles. The van der Waals surface area contributed by atoms with Crippen LogP contribution in [-0.2, 0) is 0 Å². The Morgan fingerprint density at radius 2 is 0.974 bits per heavy atom. The van der Waals surface area contributed by atoms with Crippen LogP contribution in [-0.4, -0.2) is 21.3 Å². The molecule has 6 rings (SSSR count). The molecule has 4 aliphatic rings. The minimum atomic E-state index is -2.17. The van der Waals surface area contributed by atoms with Crippen LogP contribution < -0.4 is 9.47 Å². The highest BCUT2D eigenvalue weighted by Gasteiger charge is 2.44. The molecule has 0 heterocycles. The van der Waals surface area contributed by atoms with Gasteiger partial charge in [0.05, 0.1) is 13.2 Å². The highest BCUT2D eigenvalue weighted by atomic mass is 28.3. The molecule has 3 heteroatoms. The molecule has 2 atom stereocenters. The Morgan fingerprint density at radius 1 is 0.513 bits per heavy atom. The van der Waals surface area contributed by atoms with Crippen LogP contribution >= 0.6 is 0 Å². The Labute approximate surface area is 233 Å². The SMILES string of the molecule is C1=CC2=C([Si](CCCOc3ccccc3)(CCCOc3ccccc3)C3=C4C=CC=CC4C=C3)C=CC2C=C1. The van der Waals surface area contributed by atoms with E-state index in [0.717, 1.165) is 49.6 Å². The summed E-state index contributed by atoms with van der Waals surface area (Å²) in [7, 11) is -2.17. The van der Waals surface area contributed by atoms with Gasteiger partial charge in [-0.3, -0.25) is 0 Å². The summed E-state index contributed by atoms with van der Waals surface area (Å²) in [5.74, 6) is 2.69. The average Bonchev–Trinajstić information content (AvgIpc) is 3.63. The van der Waals surface area contributed by atoms with Crippen molar-refractivity contribution in [3.63, 3.8) is 0 Å². The van der Waals surface area contributed by atoms with E-state index in [1.165, 1.54) is 11.1 Å². The van der Waals surface area contributed by atoms with Crippen molar-refractivity contribution in [2.75, 3.05) is 13.2 Å². The van der Waals surface area contributed by atoms with E-state index in [1.54, 1.807) is 10.4 Å². The van der Waals surface area contributed by atoms with E-state index < -0.39 is 8.07 Å². The average molecular weight is 529 g/mol. The molecule has 0 aliphatic heterocycles. The second-order valence-corrected chi connectivity index (χ2v) is 14.8. The van der Waals surface area contributed by atoms with E-state index in [1.807, 2.05) is 60.7 Å². The minimum absolute atomic E-state index is 0.395. The lowest BCUT2D eigenvalue weighted by molar-refractivity contribution is 0.314. The molecule has 4 aliphatic carbocycles. The van der Waals surface area contributed by atoms with Crippen molar-refractivity contribution in [1.82, 2.24) is 0 Å². The quantitative estimate of drug-likeness (QED) is 0.203. The third-order valence-electron chi connectivity index (χ3n) is 8.24. The number of benzene rings is 2. The summed E-state index contributed by atoms with van der Waals surface area (Å²) in [6.45, 7) is 1.46. The highest BCUT2D eigenvalue weighted by molar-refractivity contribution is 6.94. The first-order valence-corrected chi connectivity index (χ1v) is 16.7. The van der Waals surface area contributed by atoms with Crippen LogP contribution in [0.2, 0.25) is 12.1 Å². The van der Waals surface area contributed by atoms with Gasteiger partial charge in [0.25, 0.3) is 0 Å². The molecule has 196 valence electrons. The third kappa shape index (κ3) is 5.50. The molecule has 2 unspecified atom stereocenters. The van der Waals surface area contributed by atoms with Gasteiger partial charge in [0, 0.05) is 11.8 Å². The maximum Gasteiger partial charge on any atom is 0.119 e. The molecule has 0 radical (unpaired) electrons. The molecule has 2 nitrogen and oxygen atoms in total. The smallest absolute Gasteiger partial charge is 0.119 e. The van der Waals surface area contributed by atoms with Crippen molar-refractivity contribution in [2.45, 2.75) is 24.9 Å². The Kier molecular flexibility index (Phi) is 7.78. The van der Waals surface area contributed by atoms with Crippen LogP contribution in [0.25, 0.3) is 0 Å². The lowest BCUT2D eigenvalue weighted by Crippen LogP contribution is -2.41. The molecule has 0 spiro atoms. The summed E-state index contributed by atoms with van der Waals surface area (Å²) in [6.07, 6.45) is 30.0. The molecule has 2 aromatic rings. The number of hydrogen-bond donors (Lipinski definition) is 0. The van der Waals surface area contributed by atoms with Gasteiger partial charge < -0.3 is 9.47 Å². The highest BCUT2D eigenvalue weighted by Crippen LogP contribution is 2.47.